The third-order valence-electron chi connectivity index (χ3n) is 1.91. The van der Waals surface area contributed by atoms with Gasteiger partial charge in [0.15, 0.2) is 0 Å². The summed E-state index contributed by atoms with van der Waals surface area (Å²) < 4.78 is 5.01. The van der Waals surface area contributed by atoms with Crippen LogP contribution in [-0.2, 0) is 11.3 Å². The van der Waals surface area contributed by atoms with Gasteiger partial charge in [-0.1, -0.05) is 23.7 Å². The molecule has 0 saturated heterocycles. The van der Waals surface area contributed by atoms with Gasteiger partial charge in [0.05, 0.1) is 16.8 Å². The predicted molar refractivity (Wildman–Crippen MR) is 64.2 cm³/mol. The van der Waals surface area contributed by atoms with Crippen molar-refractivity contribution in [2.75, 3.05) is 0 Å². The number of H-pyrrole nitrogens is 1. The average molecular weight is 274 g/mol. The number of rotatable bonds is 3. The lowest BCUT2D eigenvalue weighted by Gasteiger charge is -2.03. The summed E-state index contributed by atoms with van der Waals surface area (Å²) in [6.45, 7) is 0.0700. The summed E-state index contributed by atoms with van der Waals surface area (Å²) in [4.78, 5) is 11.6. The van der Waals surface area contributed by atoms with Crippen molar-refractivity contribution in [3.8, 4) is 0 Å². The summed E-state index contributed by atoms with van der Waals surface area (Å²) in [7, 11) is 0. The topological polar surface area (TPSA) is 67.9 Å². The van der Waals surface area contributed by atoms with Gasteiger partial charge in [0, 0.05) is 0 Å². The van der Waals surface area contributed by atoms with E-state index in [4.69, 9.17) is 16.3 Å². The largest absolute Gasteiger partial charge is 0.455 e. The van der Waals surface area contributed by atoms with Gasteiger partial charge in [-0.25, -0.2) is 4.79 Å². The van der Waals surface area contributed by atoms with Crippen LogP contribution in [0.1, 0.15) is 16.1 Å². The third kappa shape index (κ3) is 3.44. The van der Waals surface area contributed by atoms with E-state index < -0.39 is 5.97 Å². The molecule has 0 fully saturated rings. The molecule has 1 aromatic heterocycles. The number of aromatic nitrogens is 3. The molecular weight excluding hydrogens is 265 g/mol. The molecule has 0 amide bonds. The normalized spacial score (nSPS) is 9.47. The molecular formula is C10H9Cl2N3O2. The van der Waals surface area contributed by atoms with Crippen molar-refractivity contribution < 1.29 is 9.53 Å². The van der Waals surface area contributed by atoms with Gasteiger partial charge in [0.2, 0.25) is 0 Å². The highest BCUT2D eigenvalue weighted by molar-refractivity contribution is 6.33. The van der Waals surface area contributed by atoms with Crippen LogP contribution in [0.2, 0.25) is 5.02 Å². The molecule has 5 nitrogen and oxygen atoms in total. The number of benzene rings is 1. The van der Waals surface area contributed by atoms with E-state index >= 15 is 0 Å². The van der Waals surface area contributed by atoms with Crippen molar-refractivity contribution in [1.29, 1.82) is 0 Å². The Morgan fingerprint density at radius 2 is 2.18 bits per heavy atom. The molecule has 0 radical (unpaired) electrons. The highest BCUT2D eigenvalue weighted by atomic mass is 35.5. The molecule has 0 aliphatic heterocycles. The molecule has 0 unspecified atom stereocenters. The summed E-state index contributed by atoms with van der Waals surface area (Å²) in [6.07, 6.45) is 1.49. The van der Waals surface area contributed by atoms with Crippen molar-refractivity contribution in [2.24, 2.45) is 0 Å². The molecule has 0 bridgehead atoms. The number of nitrogens with zero attached hydrogens (tertiary/aromatic N) is 2. The molecule has 90 valence electrons. The van der Waals surface area contributed by atoms with E-state index in [-0.39, 0.29) is 19.0 Å². The number of carbonyl (C=O) groups excluding carboxylic acids is 1. The molecule has 0 spiro atoms. The first-order valence-electron chi connectivity index (χ1n) is 4.53. The first-order valence-corrected chi connectivity index (χ1v) is 4.91. The number of esters is 1. The van der Waals surface area contributed by atoms with E-state index in [1.165, 1.54) is 6.20 Å². The Morgan fingerprint density at radius 1 is 1.41 bits per heavy atom. The van der Waals surface area contributed by atoms with Crippen LogP contribution in [0.4, 0.5) is 0 Å². The summed E-state index contributed by atoms with van der Waals surface area (Å²) in [6, 6.07) is 6.71. The Labute approximate surface area is 109 Å². The van der Waals surface area contributed by atoms with Gasteiger partial charge in [-0.2, -0.15) is 15.4 Å². The zero-order valence-corrected chi connectivity index (χ0v) is 10.2. The molecule has 17 heavy (non-hydrogen) atoms. The number of ether oxygens (including phenoxy) is 1. The molecule has 0 aliphatic rings. The average Bonchev–Trinajstić information content (AvgIpc) is 2.79. The summed E-state index contributed by atoms with van der Waals surface area (Å²) in [5, 5.41) is 10.2. The Kier molecular flexibility index (Phi) is 4.93. The van der Waals surface area contributed by atoms with E-state index in [1.54, 1.807) is 24.3 Å². The zero-order chi connectivity index (χ0) is 11.4. The number of hydrogen-bond donors (Lipinski definition) is 1. The van der Waals surface area contributed by atoms with Crippen LogP contribution in [-0.4, -0.2) is 21.4 Å². The first-order chi connectivity index (χ1) is 7.77. The Balaban J connectivity index is 0.00000144. The van der Waals surface area contributed by atoms with Gasteiger partial charge in [0.25, 0.3) is 0 Å². The van der Waals surface area contributed by atoms with Crippen LogP contribution >= 0.6 is 24.0 Å². The van der Waals surface area contributed by atoms with Crippen LogP contribution in [0, 0.1) is 0 Å². The lowest BCUT2D eigenvalue weighted by Crippen LogP contribution is -2.06. The van der Waals surface area contributed by atoms with Crippen LogP contribution in [0.3, 0.4) is 0 Å². The minimum Gasteiger partial charge on any atom is -0.455 e. The Bertz CT molecular complexity index is 488. The van der Waals surface area contributed by atoms with Crippen molar-refractivity contribution in [1.82, 2.24) is 15.4 Å². The molecule has 0 aliphatic carbocycles. The smallest absolute Gasteiger partial charge is 0.340 e. The summed E-state index contributed by atoms with van der Waals surface area (Å²) in [5.41, 5.74) is 0.896. The fourth-order valence-electron chi connectivity index (χ4n) is 1.14. The Morgan fingerprint density at radius 3 is 2.82 bits per heavy atom. The van der Waals surface area contributed by atoms with E-state index in [0.29, 0.717) is 16.3 Å². The standard InChI is InChI=1S/C10H8ClN3O2.ClH/c11-9-4-2-1-3-8(9)10(15)16-6-7-5-12-14-13-7;/h1-5H,6H2,(H,12,13,14);1H. The lowest BCUT2D eigenvalue weighted by molar-refractivity contribution is 0.0468. The van der Waals surface area contributed by atoms with Crippen molar-refractivity contribution in [3.05, 3.63) is 46.7 Å². The van der Waals surface area contributed by atoms with Crippen LogP contribution in [0.25, 0.3) is 0 Å². The molecule has 1 heterocycles. The minimum atomic E-state index is -0.478. The quantitative estimate of drug-likeness (QED) is 0.871. The first kappa shape index (κ1) is 13.5. The second-order valence-corrected chi connectivity index (χ2v) is 3.42. The van der Waals surface area contributed by atoms with Gasteiger partial charge in [-0.05, 0) is 12.1 Å². The molecule has 2 rings (SSSR count). The summed E-state index contributed by atoms with van der Waals surface area (Å²) in [5.74, 6) is -0.478. The number of hydrogen-bond acceptors (Lipinski definition) is 4. The molecule has 2 aromatic rings. The fraction of sp³-hybridized carbons (Fsp3) is 0.100. The van der Waals surface area contributed by atoms with Gasteiger partial charge < -0.3 is 4.74 Å². The van der Waals surface area contributed by atoms with E-state index in [2.05, 4.69) is 15.4 Å². The van der Waals surface area contributed by atoms with Crippen molar-refractivity contribution in [3.63, 3.8) is 0 Å². The molecule has 1 N–H and O–H groups in total. The number of aromatic amines is 1. The van der Waals surface area contributed by atoms with Gasteiger partial charge in [-0.15, -0.1) is 12.4 Å². The van der Waals surface area contributed by atoms with Gasteiger partial charge >= 0.3 is 5.97 Å². The van der Waals surface area contributed by atoms with E-state index in [0.717, 1.165) is 0 Å². The van der Waals surface area contributed by atoms with Crippen LogP contribution in [0.15, 0.2) is 30.5 Å². The van der Waals surface area contributed by atoms with Gasteiger partial charge in [-0.3, -0.25) is 0 Å². The second kappa shape index (κ2) is 6.22. The molecule has 0 atom stereocenters. The highest BCUT2D eigenvalue weighted by Crippen LogP contribution is 2.16. The van der Waals surface area contributed by atoms with Gasteiger partial charge in [0.1, 0.15) is 12.3 Å². The Hall–Kier alpha value is -1.59. The fourth-order valence-corrected chi connectivity index (χ4v) is 1.35. The summed E-state index contributed by atoms with van der Waals surface area (Å²) >= 11 is 5.84. The molecule has 7 heteroatoms. The minimum absolute atomic E-state index is 0. The van der Waals surface area contributed by atoms with Crippen molar-refractivity contribution >= 4 is 30.0 Å². The maximum atomic E-state index is 11.6. The monoisotopic (exact) mass is 273 g/mol. The van der Waals surface area contributed by atoms with Crippen LogP contribution in [0.5, 0.6) is 0 Å². The zero-order valence-electron chi connectivity index (χ0n) is 8.59. The number of halogens is 2. The number of carbonyl (C=O) groups is 1. The van der Waals surface area contributed by atoms with E-state index in [1.807, 2.05) is 0 Å². The SMILES string of the molecule is Cl.O=C(OCc1cn[nH]n1)c1ccccc1Cl. The third-order valence-corrected chi connectivity index (χ3v) is 2.24. The molecule has 0 saturated carbocycles. The maximum absolute atomic E-state index is 11.6. The highest BCUT2D eigenvalue weighted by Gasteiger charge is 2.11. The lowest BCUT2D eigenvalue weighted by atomic mass is 10.2. The number of nitrogens with one attached hydrogen (secondary N) is 1. The van der Waals surface area contributed by atoms with Crippen LogP contribution < -0.4 is 0 Å². The maximum Gasteiger partial charge on any atom is 0.340 e. The van der Waals surface area contributed by atoms with E-state index in [9.17, 15) is 4.79 Å². The molecule has 1 aromatic carbocycles. The predicted octanol–water partition coefficient (Wildman–Crippen LogP) is 2.24. The second-order valence-electron chi connectivity index (χ2n) is 3.02. The van der Waals surface area contributed by atoms with Crippen molar-refractivity contribution in [2.45, 2.75) is 6.61 Å².